The van der Waals surface area contributed by atoms with Gasteiger partial charge in [0.15, 0.2) is 0 Å². The summed E-state index contributed by atoms with van der Waals surface area (Å²) in [6.07, 6.45) is 6.17. The van der Waals surface area contributed by atoms with Gasteiger partial charge in [-0.1, -0.05) is 49.2 Å². The summed E-state index contributed by atoms with van der Waals surface area (Å²) in [5.74, 6) is -0.784. The normalized spacial score (nSPS) is 10.6. The summed E-state index contributed by atoms with van der Waals surface area (Å²) in [5, 5.41) is 0. The molecule has 0 radical (unpaired) electrons. The van der Waals surface area contributed by atoms with Crippen LogP contribution in [0, 0.1) is 5.82 Å². The van der Waals surface area contributed by atoms with Crippen molar-refractivity contribution in [1.82, 2.24) is 0 Å². The van der Waals surface area contributed by atoms with Crippen LogP contribution in [0.2, 0.25) is 0 Å². The summed E-state index contributed by atoms with van der Waals surface area (Å²) in [7, 11) is 0. The lowest BCUT2D eigenvalue weighted by Crippen LogP contribution is -2.05. The second-order valence-corrected chi connectivity index (χ2v) is 5.93. The molecule has 0 aliphatic rings. The predicted molar refractivity (Wildman–Crippen MR) is 94.7 cm³/mol. The molecule has 24 heavy (non-hydrogen) atoms. The van der Waals surface area contributed by atoms with Gasteiger partial charge in [0.25, 0.3) is 0 Å². The molecule has 0 bridgehead atoms. The third kappa shape index (κ3) is 5.80. The van der Waals surface area contributed by atoms with E-state index in [1.807, 2.05) is 6.07 Å². The number of unbranched alkanes of at least 4 members (excludes halogenated alkanes) is 3. The van der Waals surface area contributed by atoms with Crippen LogP contribution in [0.4, 0.5) is 4.39 Å². The summed E-state index contributed by atoms with van der Waals surface area (Å²) < 4.78 is 18.9. The fourth-order valence-electron chi connectivity index (χ4n) is 2.73. The highest BCUT2D eigenvalue weighted by Crippen LogP contribution is 2.15. The standard InChI is InChI=1S/C21H25FO2/c1-2-24-21(23)19-15-14-18(20(22)16-19)13-9-4-3-6-10-17-11-7-5-8-12-17/h5,7-8,11-12,14-16H,2-4,6,9-10,13H2,1H3. The third-order valence-corrected chi connectivity index (χ3v) is 4.07. The summed E-state index contributed by atoms with van der Waals surface area (Å²) >= 11 is 0. The van der Waals surface area contributed by atoms with E-state index in [1.54, 1.807) is 19.1 Å². The number of hydrogen-bond acceptors (Lipinski definition) is 2. The maximum Gasteiger partial charge on any atom is 0.338 e. The van der Waals surface area contributed by atoms with Crippen LogP contribution in [0.5, 0.6) is 0 Å². The Kier molecular flexibility index (Phi) is 7.47. The number of halogens is 1. The molecule has 2 rings (SSSR count). The van der Waals surface area contributed by atoms with E-state index in [1.165, 1.54) is 11.6 Å². The maximum absolute atomic E-state index is 14.0. The number of rotatable bonds is 9. The van der Waals surface area contributed by atoms with Gasteiger partial charge in [0, 0.05) is 0 Å². The number of aryl methyl sites for hydroxylation is 2. The van der Waals surface area contributed by atoms with Crippen LogP contribution in [0.1, 0.15) is 54.1 Å². The Labute approximate surface area is 143 Å². The monoisotopic (exact) mass is 328 g/mol. The Bertz CT molecular complexity index is 638. The van der Waals surface area contributed by atoms with Gasteiger partial charge in [-0.2, -0.15) is 0 Å². The molecule has 3 heteroatoms. The molecule has 0 atom stereocenters. The maximum atomic E-state index is 14.0. The molecule has 0 amide bonds. The molecule has 128 valence electrons. The first-order chi connectivity index (χ1) is 11.7. The highest BCUT2D eigenvalue weighted by molar-refractivity contribution is 5.89. The van der Waals surface area contributed by atoms with Gasteiger partial charge in [-0.25, -0.2) is 9.18 Å². The van der Waals surface area contributed by atoms with Crippen molar-refractivity contribution < 1.29 is 13.9 Å². The first-order valence-electron chi connectivity index (χ1n) is 8.70. The van der Waals surface area contributed by atoms with E-state index in [0.29, 0.717) is 18.6 Å². The van der Waals surface area contributed by atoms with Crippen molar-refractivity contribution in [2.45, 2.75) is 45.4 Å². The fraction of sp³-hybridized carbons (Fsp3) is 0.381. The van der Waals surface area contributed by atoms with Gasteiger partial charge in [0.1, 0.15) is 5.82 Å². The first-order valence-corrected chi connectivity index (χ1v) is 8.70. The van der Waals surface area contributed by atoms with E-state index in [-0.39, 0.29) is 11.4 Å². The molecular weight excluding hydrogens is 303 g/mol. The van der Waals surface area contributed by atoms with E-state index in [4.69, 9.17) is 4.74 Å². The first kappa shape index (κ1) is 18.2. The minimum absolute atomic E-state index is 0.279. The van der Waals surface area contributed by atoms with E-state index >= 15 is 0 Å². The van der Waals surface area contributed by atoms with Crippen molar-refractivity contribution in [1.29, 1.82) is 0 Å². The highest BCUT2D eigenvalue weighted by atomic mass is 19.1. The van der Waals surface area contributed by atoms with Gasteiger partial charge < -0.3 is 4.74 Å². The fourth-order valence-corrected chi connectivity index (χ4v) is 2.73. The van der Waals surface area contributed by atoms with Gasteiger partial charge in [0.2, 0.25) is 0 Å². The molecule has 0 aliphatic heterocycles. The van der Waals surface area contributed by atoms with Gasteiger partial charge in [0.05, 0.1) is 12.2 Å². The number of carbonyl (C=O) groups is 1. The van der Waals surface area contributed by atoms with Crippen LogP contribution in [-0.2, 0) is 17.6 Å². The van der Waals surface area contributed by atoms with Crippen molar-refractivity contribution in [3.05, 3.63) is 71.0 Å². The zero-order valence-corrected chi connectivity index (χ0v) is 14.3. The van der Waals surface area contributed by atoms with Crippen molar-refractivity contribution in [3.8, 4) is 0 Å². The second kappa shape index (κ2) is 9.86. The van der Waals surface area contributed by atoms with Crippen molar-refractivity contribution in [3.63, 3.8) is 0 Å². The van der Waals surface area contributed by atoms with Crippen molar-refractivity contribution in [2.24, 2.45) is 0 Å². The lowest BCUT2D eigenvalue weighted by atomic mass is 10.0. The summed E-state index contributed by atoms with van der Waals surface area (Å²) in [4.78, 5) is 11.6. The molecule has 0 heterocycles. The second-order valence-electron chi connectivity index (χ2n) is 5.93. The molecule has 0 fully saturated rings. The number of hydrogen-bond donors (Lipinski definition) is 0. The molecule has 0 aromatic heterocycles. The molecule has 2 aromatic carbocycles. The van der Waals surface area contributed by atoms with E-state index in [2.05, 4.69) is 24.3 Å². The lowest BCUT2D eigenvalue weighted by molar-refractivity contribution is 0.0526. The quantitative estimate of drug-likeness (QED) is 0.458. The Morgan fingerprint density at radius 1 is 0.958 bits per heavy atom. The smallest absolute Gasteiger partial charge is 0.338 e. The van der Waals surface area contributed by atoms with Gasteiger partial charge in [-0.15, -0.1) is 0 Å². The summed E-state index contributed by atoms with van der Waals surface area (Å²) in [6.45, 7) is 2.03. The van der Waals surface area contributed by atoms with Crippen LogP contribution in [-0.4, -0.2) is 12.6 Å². The van der Waals surface area contributed by atoms with Gasteiger partial charge >= 0.3 is 5.97 Å². The molecule has 0 saturated heterocycles. The molecule has 0 unspecified atom stereocenters. The van der Waals surface area contributed by atoms with Crippen LogP contribution < -0.4 is 0 Å². The number of esters is 1. The summed E-state index contributed by atoms with van der Waals surface area (Å²) in [5.41, 5.74) is 2.32. The molecule has 2 nitrogen and oxygen atoms in total. The number of benzene rings is 2. The predicted octanol–water partition coefficient (Wildman–Crippen LogP) is 5.35. The Morgan fingerprint density at radius 3 is 2.33 bits per heavy atom. The number of ether oxygens (including phenoxy) is 1. The topological polar surface area (TPSA) is 26.3 Å². The minimum Gasteiger partial charge on any atom is -0.462 e. The molecule has 0 N–H and O–H groups in total. The average molecular weight is 328 g/mol. The zero-order valence-electron chi connectivity index (χ0n) is 14.3. The number of carbonyl (C=O) groups excluding carboxylic acids is 1. The van der Waals surface area contributed by atoms with Crippen LogP contribution in [0.25, 0.3) is 0 Å². The zero-order chi connectivity index (χ0) is 17.2. The van der Waals surface area contributed by atoms with E-state index in [0.717, 1.165) is 32.1 Å². The molecule has 0 spiro atoms. The lowest BCUT2D eigenvalue weighted by Gasteiger charge is -2.06. The summed E-state index contributed by atoms with van der Waals surface area (Å²) in [6, 6.07) is 15.1. The third-order valence-electron chi connectivity index (χ3n) is 4.07. The minimum atomic E-state index is -0.469. The SMILES string of the molecule is CCOC(=O)c1ccc(CCCCCCc2ccccc2)c(F)c1. The van der Waals surface area contributed by atoms with Gasteiger partial charge in [-0.05, 0) is 55.9 Å². The van der Waals surface area contributed by atoms with E-state index in [9.17, 15) is 9.18 Å². The Balaban J connectivity index is 1.69. The van der Waals surface area contributed by atoms with Crippen molar-refractivity contribution in [2.75, 3.05) is 6.61 Å². The molecule has 0 saturated carbocycles. The van der Waals surface area contributed by atoms with Crippen LogP contribution >= 0.6 is 0 Å². The average Bonchev–Trinajstić information content (AvgIpc) is 2.60. The van der Waals surface area contributed by atoms with Gasteiger partial charge in [-0.3, -0.25) is 0 Å². The van der Waals surface area contributed by atoms with Crippen LogP contribution in [0.3, 0.4) is 0 Å². The van der Waals surface area contributed by atoms with Crippen LogP contribution in [0.15, 0.2) is 48.5 Å². The Hall–Kier alpha value is -2.16. The highest BCUT2D eigenvalue weighted by Gasteiger charge is 2.10. The van der Waals surface area contributed by atoms with Crippen molar-refractivity contribution >= 4 is 5.97 Å². The molecule has 0 aliphatic carbocycles. The van der Waals surface area contributed by atoms with E-state index < -0.39 is 5.97 Å². The largest absolute Gasteiger partial charge is 0.462 e. The molecule has 2 aromatic rings. The Morgan fingerprint density at radius 2 is 1.67 bits per heavy atom. The molecular formula is C21H25FO2.